The Kier molecular flexibility index (Phi) is 5.71. The van der Waals surface area contributed by atoms with Gasteiger partial charge in [-0.05, 0) is 43.1 Å². The molecule has 2 aliphatic rings. The van der Waals surface area contributed by atoms with Crippen molar-refractivity contribution in [1.82, 2.24) is 9.97 Å². The number of benzene rings is 1. The number of rotatable bonds is 4. The Hall–Kier alpha value is -1.90. The molecule has 0 radical (unpaired) electrons. The van der Waals surface area contributed by atoms with Gasteiger partial charge in [0.15, 0.2) is 25.8 Å². The molecule has 1 aliphatic carbocycles. The number of carbonyl (C=O) groups excluding carboxylic acids is 1. The van der Waals surface area contributed by atoms with Gasteiger partial charge in [0.1, 0.15) is 11.0 Å². The van der Waals surface area contributed by atoms with E-state index in [9.17, 15) is 13.6 Å². The summed E-state index contributed by atoms with van der Waals surface area (Å²) in [4.78, 5) is 24.2. The summed E-state index contributed by atoms with van der Waals surface area (Å²) in [5.74, 6) is -1.49. The maximum atomic E-state index is 14.0. The van der Waals surface area contributed by atoms with Gasteiger partial charge in [0.2, 0.25) is 5.91 Å². The first kappa shape index (κ1) is 23.3. The molecule has 1 amide bonds. The van der Waals surface area contributed by atoms with Crippen molar-refractivity contribution in [3.05, 3.63) is 46.4 Å². The van der Waals surface area contributed by atoms with Crippen LogP contribution >= 0.6 is 11.6 Å². The van der Waals surface area contributed by atoms with E-state index in [0.717, 1.165) is 25.0 Å². The van der Waals surface area contributed by atoms with Crippen LogP contribution in [0, 0.1) is 11.6 Å². The largest absolute Gasteiger partial charge is 0.409 e. The van der Waals surface area contributed by atoms with Gasteiger partial charge in [-0.25, -0.2) is 18.7 Å². The second kappa shape index (κ2) is 7.85. The van der Waals surface area contributed by atoms with Crippen molar-refractivity contribution in [1.29, 1.82) is 0 Å². The Bertz CT molecular complexity index is 1080. The lowest BCUT2D eigenvalue weighted by Crippen LogP contribution is -2.40. The number of hydrogen-bond acceptors (Lipinski definition) is 4. The van der Waals surface area contributed by atoms with E-state index in [1.54, 1.807) is 0 Å². The highest BCUT2D eigenvalue weighted by Gasteiger charge is 2.55. The third-order valence-electron chi connectivity index (χ3n) is 7.18. The maximum absolute atomic E-state index is 14.0. The highest BCUT2D eigenvalue weighted by molar-refractivity contribution is 6.74. The fourth-order valence-electron chi connectivity index (χ4n) is 4.29. The number of aromatic nitrogens is 2. The van der Waals surface area contributed by atoms with Crippen LogP contribution in [0.25, 0.3) is 0 Å². The molecule has 172 valence electrons. The fourth-order valence-corrected chi connectivity index (χ4v) is 5.57. The molecule has 0 saturated heterocycles. The highest BCUT2D eigenvalue weighted by atomic mass is 35.5. The van der Waals surface area contributed by atoms with Crippen molar-refractivity contribution < 1.29 is 18.0 Å². The quantitative estimate of drug-likeness (QED) is 0.375. The van der Waals surface area contributed by atoms with Gasteiger partial charge < -0.3 is 4.43 Å². The fraction of sp³-hybridized carbons (Fsp3) is 0.522. The Morgan fingerprint density at radius 1 is 1.16 bits per heavy atom. The Labute approximate surface area is 193 Å². The molecule has 5 nitrogen and oxygen atoms in total. The molecule has 1 aliphatic heterocycles. The molecule has 1 fully saturated rings. The molecular formula is C23H28ClF2N3O2Si. The normalized spacial score (nSPS) is 18.0. The van der Waals surface area contributed by atoms with Gasteiger partial charge >= 0.3 is 0 Å². The van der Waals surface area contributed by atoms with E-state index in [-0.39, 0.29) is 28.4 Å². The third kappa shape index (κ3) is 3.66. The van der Waals surface area contributed by atoms with Crippen molar-refractivity contribution in [2.24, 2.45) is 0 Å². The van der Waals surface area contributed by atoms with E-state index in [2.05, 4.69) is 43.8 Å². The van der Waals surface area contributed by atoms with E-state index < -0.39 is 25.4 Å². The summed E-state index contributed by atoms with van der Waals surface area (Å²) < 4.78 is 33.9. The lowest BCUT2D eigenvalue weighted by Gasteiger charge is -2.35. The number of halogens is 3. The molecule has 0 unspecified atom stereocenters. The number of hydrogen-bond donors (Lipinski definition) is 0. The van der Waals surface area contributed by atoms with E-state index in [1.165, 1.54) is 11.0 Å². The van der Waals surface area contributed by atoms with E-state index in [0.29, 0.717) is 30.0 Å². The van der Waals surface area contributed by atoms with Crippen LogP contribution in [0.2, 0.25) is 23.3 Å². The van der Waals surface area contributed by atoms with Gasteiger partial charge in [-0.2, -0.15) is 0 Å². The van der Waals surface area contributed by atoms with E-state index >= 15 is 0 Å². The second-order valence-electron chi connectivity index (χ2n) is 10.2. The minimum absolute atomic E-state index is 0.00900. The first-order valence-corrected chi connectivity index (χ1v) is 14.2. The standard InChI is InChI=1S/C23H28ClF2N3O2Si/c1-22(2,3)32(4,5)31-13-17-27-19(24)18-20(28-17)29(14-8-9-15(25)16(26)12-14)21(30)23(18)10-6-7-11-23/h8-9,12H,6-7,10-11,13H2,1-5H3. The van der Waals surface area contributed by atoms with Crippen LogP contribution in [0.4, 0.5) is 20.3 Å². The predicted molar refractivity (Wildman–Crippen MR) is 123 cm³/mol. The van der Waals surface area contributed by atoms with Crippen molar-refractivity contribution in [2.45, 2.75) is 76.6 Å². The molecule has 1 spiro atoms. The average molecular weight is 480 g/mol. The van der Waals surface area contributed by atoms with Crippen LogP contribution in [0.1, 0.15) is 57.8 Å². The molecule has 4 rings (SSSR count). The molecule has 1 aromatic carbocycles. The van der Waals surface area contributed by atoms with Crippen molar-refractivity contribution >= 4 is 37.3 Å². The average Bonchev–Trinajstić information content (AvgIpc) is 3.27. The van der Waals surface area contributed by atoms with Gasteiger partial charge in [0.05, 0.1) is 17.7 Å². The van der Waals surface area contributed by atoms with Crippen molar-refractivity contribution in [2.75, 3.05) is 4.90 Å². The molecule has 1 aromatic heterocycles. The number of amides is 1. The van der Waals surface area contributed by atoms with Crippen LogP contribution in [0.5, 0.6) is 0 Å². The summed E-state index contributed by atoms with van der Waals surface area (Å²) in [7, 11) is -2.07. The lowest BCUT2D eigenvalue weighted by molar-refractivity contribution is -0.122. The summed E-state index contributed by atoms with van der Waals surface area (Å²) in [6, 6.07) is 3.42. The first-order valence-electron chi connectivity index (χ1n) is 10.9. The van der Waals surface area contributed by atoms with Crippen LogP contribution in [-0.4, -0.2) is 24.2 Å². The number of carbonyl (C=O) groups is 1. The third-order valence-corrected chi connectivity index (χ3v) is 11.9. The molecule has 1 saturated carbocycles. The SMILES string of the molecule is CC(C)(C)[Si](C)(C)OCc1nc(Cl)c2c(n1)N(c1ccc(F)c(F)c1)C(=O)C21CCCC1. The zero-order chi connectivity index (χ0) is 23.5. The lowest BCUT2D eigenvalue weighted by atomic mass is 9.81. The Balaban J connectivity index is 1.80. The highest BCUT2D eigenvalue weighted by Crippen LogP contribution is 2.54. The van der Waals surface area contributed by atoms with Gasteiger partial charge in [-0.3, -0.25) is 9.69 Å². The van der Waals surface area contributed by atoms with Gasteiger partial charge in [0.25, 0.3) is 0 Å². The minimum Gasteiger partial charge on any atom is -0.409 e. The van der Waals surface area contributed by atoms with Gasteiger partial charge in [-0.1, -0.05) is 45.2 Å². The van der Waals surface area contributed by atoms with E-state index in [4.69, 9.17) is 16.0 Å². The number of anilines is 2. The van der Waals surface area contributed by atoms with Gasteiger partial charge in [-0.15, -0.1) is 0 Å². The molecule has 32 heavy (non-hydrogen) atoms. The van der Waals surface area contributed by atoms with Crippen LogP contribution < -0.4 is 4.90 Å². The monoisotopic (exact) mass is 479 g/mol. The second-order valence-corrected chi connectivity index (χ2v) is 15.4. The maximum Gasteiger partial charge on any atom is 0.243 e. The topological polar surface area (TPSA) is 55.3 Å². The predicted octanol–water partition coefficient (Wildman–Crippen LogP) is 6.42. The first-order chi connectivity index (χ1) is 14.9. The van der Waals surface area contributed by atoms with Gasteiger partial charge in [0, 0.05) is 11.6 Å². The molecule has 0 N–H and O–H groups in total. The van der Waals surface area contributed by atoms with Crippen molar-refractivity contribution in [3.63, 3.8) is 0 Å². The Morgan fingerprint density at radius 3 is 2.41 bits per heavy atom. The molecule has 2 aromatic rings. The van der Waals surface area contributed by atoms with Crippen LogP contribution in [0.3, 0.4) is 0 Å². The molecule has 0 atom stereocenters. The zero-order valence-corrected chi connectivity index (χ0v) is 20.8. The number of nitrogens with zero attached hydrogens (tertiary/aromatic N) is 3. The summed E-state index contributed by atoms with van der Waals surface area (Å²) in [5, 5.41) is 0.235. The summed E-state index contributed by atoms with van der Waals surface area (Å²) in [6.45, 7) is 10.9. The molecular weight excluding hydrogens is 452 g/mol. The smallest absolute Gasteiger partial charge is 0.243 e. The number of fused-ring (bicyclic) bond motifs is 2. The minimum atomic E-state index is -2.07. The van der Waals surface area contributed by atoms with Crippen LogP contribution in [0.15, 0.2) is 18.2 Å². The van der Waals surface area contributed by atoms with Crippen molar-refractivity contribution in [3.8, 4) is 0 Å². The van der Waals surface area contributed by atoms with Crippen LogP contribution in [-0.2, 0) is 21.2 Å². The molecule has 9 heteroatoms. The summed E-state index contributed by atoms with van der Waals surface area (Å²) in [6.07, 6.45) is 3.01. The zero-order valence-electron chi connectivity index (χ0n) is 19.1. The van der Waals surface area contributed by atoms with E-state index in [1.807, 2.05) is 0 Å². The molecule has 0 bridgehead atoms. The summed E-state index contributed by atoms with van der Waals surface area (Å²) in [5.41, 5.74) is -0.0109. The summed E-state index contributed by atoms with van der Waals surface area (Å²) >= 11 is 6.65. The molecule has 2 heterocycles. The Morgan fingerprint density at radius 2 is 1.81 bits per heavy atom.